The van der Waals surface area contributed by atoms with Crippen molar-refractivity contribution in [3.63, 3.8) is 0 Å². The Morgan fingerprint density at radius 1 is 1.07 bits per heavy atom. The maximum Gasteiger partial charge on any atom is 0.329 e. The first-order valence-corrected chi connectivity index (χ1v) is 9.86. The van der Waals surface area contributed by atoms with Gasteiger partial charge < -0.3 is 9.67 Å². The Balaban J connectivity index is 1.62. The minimum absolute atomic E-state index is 0.0330. The molecule has 0 spiro atoms. The number of imidazole rings is 1. The summed E-state index contributed by atoms with van der Waals surface area (Å²) in [6.45, 7) is 1.46. The lowest BCUT2D eigenvalue weighted by Crippen LogP contribution is -2.25. The SMILES string of the molecule is O=c1n(Cc2cc3ncccc3n2CCCCO)c2cnccc2n1C1CC1. The Kier molecular flexibility index (Phi) is 4.24. The van der Waals surface area contributed by atoms with Crippen molar-refractivity contribution in [2.75, 3.05) is 6.61 Å². The molecule has 0 amide bonds. The van der Waals surface area contributed by atoms with Crippen LogP contribution in [0.4, 0.5) is 0 Å². The number of rotatable bonds is 7. The Bertz CT molecular complexity index is 1200. The van der Waals surface area contributed by atoms with Gasteiger partial charge in [-0.3, -0.25) is 19.1 Å². The highest BCUT2D eigenvalue weighted by atomic mass is 16.2. The fourth-order valence-electron chi connectivity index (χ4n) is 4.04. The maximum atomic E-state index is 13.2. The second kappa shape index (κ2) is 6.91. The summed E-state index contributed by atoms with van der Waals surface area (Å²) in [6.07, 6.45) is 9.08. The highest BCUT2D eigenvalue weighted by Gasteiger charge is 2.29. The van der Waals surface area contributed by atoms with Gasteiger partial charge in [0.2, 0.25) is 0 Å². The van der Waals surface area contributed by atoms with Gasteiger partial charge in [0.15, 0.2) is 0 Å². The Morgan fingerprint density at radius 3 is 2.79 bits per heavy atom. The van der Waals surface area contributed by atoms with E-state index in [0.29, 0.717) is 12.6 Å². The summed E-state index contributed by atoms with van der Waals surface area (Å²) in [5.74, 6) is 0. The van der Waals surface area contributed by atoms with E-state index in [4.69, 9.17) is 5.11 Å². The zero-order valence-electron chi connectivity index (χ0n) is 15.7. The van der Waals surface area contributed by atoms with E-state index in [1.165, 1.54) is 0 Å². The summed E-state index contributed by atoms with van der Waals surface area (Å²) in [6, 6.07) is 8.31. The van der Waals surface area contributed by atoms with Crippen molar-refractivity contribution in [3.8, 4) is 0 Å². The van der Waals surface area contributed by atoms with Crippen molar-refractivity contribution in [2.24, 2.45) is 0 Å². The van der Waals surface area contributed by atoms with Crippen LogP contribution in [0.1, 0.15) is 37.4 Å². The number of aliphatic hydroxyl groups is 1. The lowest BCUT2D eigenvalue weighted by Gasteiger charge is -2.11. The van der Waals surface area contributed by atoms with Crippen LogP contribution >= 0.6 is 0 Å². The van der Waals surface area contributed by atoms with Gasteiger partial charge in [-0.15, -0.1) is 0 Å². The Morgan fingerprint density at radius 2 is 1.96 bits per heavy atom. The van der Waals surface area contributed by atoms with E-state index in [2.05, 4.69) is 26.7 Å². The number of aryl methyl sites for hydroxylation is 1. The van der Waals surface area contributed by atoms with Gasteiger partial charge in [-0.1, -0.05) is 0 Å². The molecule has 1 saturated carbocycles. The summed E-state index contributed by atoms with van der Waals surface area (Å²) in [5, 5.41) is 9.15. The smallest absolute Gasteiger partial charge is 0.329 e. The van der Waals surface area contributed by atoms with Crippen LogP contribution in [0.5, 0.6) is 0 Å². The average molecular weight is 377 g/mol. The Hall–Kier alpha value is -2.93. The summed E-state index contributed by atoms with van der Waals surface area (Å²) < 4.78 is 5.98. The molecule has 0 unspecified atom stereocenters. The number of pyridine rings is 2. The normalized spacial score (nSPS) is 14.3. The van der Waals surface area contributed by atoms with Crippen LogP contribution in [0, 0.1) is 0 Å². The molecule has 0 bridgehead atoms. The molecule has 0 radical (unpaired) electrons. The van der Waals surface area contributed by atoms with E-state index >= 15 is 0 Å². The lowest BCUT2D eigenvalue weighted by atomic mass is 10.3. The van der Waals surface area contributed by atoms with E-state index < -0.39 is 0 Å². The van der Waals surface area contributed by atoms with Crippen LogP contribution in [-0.4, -0.2) is 35.4 Å². The second-order valence-electron chi connectivity index (χ2n) is 7.46. The molecule has 4 heterocycles. The quantitative estimate of drug-likeness (QED) is 0.502. The maximum absolute atomic E-state index is 13.2. The monoisotopic (exact) mass is 377 g/mol. The molecule has 5 rings (SSSR count). The average Bonchev–Trinajstić information content (AvgIpc) is 3.43. The Labute approximate surface area is 161 Å². The summed E-state index contributed by atoms with van der Waals surface area (Å²) in [4.78, 5) is 21.9. The number of hydrogen-bond acceptors (Lipinski definition) is 4. The predicted octanol–water partition coefficient (Wildman–Crippen LogP) is 2.70. The fourth-order valence-corrected chi connectivity index (χ4v) is 4.04. The molecule has 1 N–H and O–H groups in total. The molecular weight excluding hydrogens is 354 g/mol. The third-order valence-corrected chi connectivity index (χ3v) is 5.54. The number of unbranched alkanes of at least 4 members (excludes halogenated alkanes) is 1. The molecule has 7 nitrogen and oxygen atoms in total. The van der Waals surface area contributed by atoms with E-state index in [9.17, 15) is 4.79 Å². The van der Waals surface area contributed by atoms with Gasteiger partial charge in [0.25, 0.3) is 0 Å². The van der Waals surface area contributed by atoms with Crippen LogP contribution < -0.4 is 5.69 Å². The lowest BCUT2D eigenvalue weighted by molar-refractivity contribution is 0.281. The van der Waals surface area contributed by atoms with Gasteiger partial charge in [-0.05, 0) is 49.9 Å². The number of aliphatic hydroxyl groups excluding tert-OH is 1. The van der Waals surface area contributed by atoms with Crippen molar-refractivity contribution in [3.05, 3.63) is 59.0 Å². The molecule has 28 heavy (non-hydrogen) atoms. The molecule has 1 aliphatic rings. The highest BCUT2D eigenvalue weighted by molar-refractivity contribution is 5.78. The van der Waals surface area contributed by atoms with Crippen molar-refractivity contribution in [1.82, 2.24) is 23.7 Å². The van der Waals surface area contributed by atoms with E-state index in [-0.39, 0.29) is 12.3 Å². The minimum atomic E-state index is 0.0330. The first-order valence-electron chi connectivity index (χ1n) is 9.86. The molecule has 1 fully saturated rings. The van der Waals surface area contributed by atoms with Gasteiger partial charge in [0.05, 0.1) is 34.8 Å². The molecule has 0 aromatic carbocycles. The van der Waals surface area contributed by atoms with Gasteiger partial charge in [-0.2, -0.15) is 0 Å². The van der Waals surface area contributed by atoms with E-state index in [1.54, 1.807) is 18.6 Å². The second-order valence-corrected chi connectivity index (χ2v) is 7.46. The molecule has 4 aromatic rings. The molecule has 0 saturated heterocycles. The predicted molar refractivity (Wildman–Crippen MR) is 107 cm³/mol. The van der Waals surface area contributed by atoms with Crippen molar-refractivity contribution >= 4 is 22.1 Å². The third kappa shape index (κ3) is 2.82. The topological polar surface area (TPSA) is 77.9 Å². The van der Waals surface area contributed by atoms with E-state index in [0.717, 1.165) is 60.0 Å². The fraction of sp³-hybridized carbons (Fsp3) is 0.381. The van der Waals surface area contributed by atoms with E-state index in [1.807, 2.05) is 21.3 Å². The molecular formula is C21H23N5O2. The largest absolute Gasteiger partial charge is 0.396 e. The first-order chi connectivity index (χ1) is 13.8. The van der Waals surface area contributed by atoms with Crippen LogP contribution in [-0.2, 0) is 13.1 Å². The molecule has 0 atom stereocenters. The summed E-state index contributed by atoms with van der Waals surface area (Å²) >= 11 is 0. The zero-order valence-corrected chi connectivity index (χ0v) is 15.7. The van der Waals surface area contributed by atoms with Gasteiger partial charge in [-0.25, -0.2) is 4.79 Å². The number of hydrogen-bond donors (Lipinski definition) is 1. The van der Waals surface area contributed by atoms with Crippen molar-refractivity contribution < 1.29 is 5.11 Å². The van der Waals surface area contributed by atoms with Crippen LogP contribution in [0.2, 0.25) is 0 Å². The zero-order chi connectivity index (χ0) is 19.1. The van der Waals surface area contributed by atoms with Crippen molar-refractivity contribution in [2.45, 2.75) is 44.8 Å². The molecule has 7 heteroatoms. The molecule has 144 valence electrons. The number of fused-ring (bicyclic) bond motifs is 2. The van der Waals surface area contributed by atoms with Crippen LogP contribution in [0.25, 0.3) is 22.1 Å². The molecule has 0 aliphatic heterocycles. The standard InChI is InChI=1S/C21H23N5O2/c27-11-2-1-10-24-16(12-17-18(24)4-3-8-23-17)14-25-20-13-22-9-7-19(20)26(21(25)28)15-5-6-15/h3-4,7-9,12-13,15,27H,1-2,5-6,10-11,14H2. The van der Waals surface area contributed by atoms with Crippen LogP contribution in [0.3, 0.4) is 0 Å². The molecule has 4 aromatic heterocycles. The minimum Gasteiger partial charge on any atom is -0.396 e. The first kappa shape index (κ1) is 17.2. The third-order valence-electron chi connectivity index (χ3n) is 5.54. The summed E-state index contributed by atoms with van der Waals surface area (Å²) in [7, 11) is 0. The van der Waals surface area contributed by atoms with Gasteiger partial charge >= 0.3 is 5.69 Å². The highest BCUT2D eigenvalue weighted by Crippen LogP contribution is 2.36. The van der Waals surface area contributed by atoms with Crippen LogP contribution in [0.15, 0.2) is 47.7 Å². The summed E-state index contributed by atoms with van der Waals surface area (Å²) in [5.41, 5.74) is 4.91. The van der Waals surface area contributed by atoms with Gasteiger partial charge in [0, 0.05) is 37.3 Å². The van der Waals surface area contributed by atoms with Gasteiger partial charge in [0.1, 0.15) is 0 Å². The molecule has 1 aliphatic carbocycles. The number of nitrogens with zero attached hydrogens (tertiary/aromatic N) is 5. The van der Waals surface area contributed by atoms with Crippen molar-refractivity contribution in [1.29, 1.82) is 0 Å². The number of aromatic nitrogens is 5.